The largest absolute Gasteiger partial charge is 0.497 e. The van der Waals surface area contributed by atoms with Gasteiger partial charge in [0.1, 0.15) is 11.5 Å². The number of methoxy groups -OCH3 is 2. The van der Waals surface area contributed by atoms with Gasteiger partial charge in [0.2, 0.25) is 23.6 Å². The summed E-state index contributed by atoms with van der Waals surface area (Å²) in [6.07, 6.45) is 11.2. The first kappa shape index (κ1) is 91.6. The lowest BCUT2D eigenvalue weighted by Gasteiger charge is -2.40. The van der Waals surface area contributed by atoms with Gasteiger partial charge in [-0.3, -0.25) is 52.7 Å². The number of ether oxygens (including phenoxy) is 2. The van der Waals surface area contributed by atoms with Crippen LogP contribution >= 0.6 is 59.4 Å². The van der Waals surface area contributed by atoms with Crippen molar-refractivity contribution in [1.82, 2.24) is 47.7 Å². The van der Waals surface area contributed by atoms with Crippen molar-refractivity contribution in [2.45, 2.75) is 132 Å². The van der Waals surface area contributed by atoms with E-state index in [4.69, 9.17) is 21.1 Å². The molecular weight excluding hydrogens is 1800 g/mol. The second-order valence-corrected chi connectivity index (χ2v) is 36.8. The Morgan fingerprint density at radius 2 is 1.01 bits per heavy atom. The van der Waals surface area contributed by atoms with E-state index < -0.39 is 0 Å². The zero-order chi connectivity index (χ0) is 89.8. The van der Waals surface area contributed by atoms with Gasteiger partial charge in [0, 0.05) is 195 Å². The molecule has 0 radical (unpaired) electrons. The van der Waals surface area contributed by atoms with Crippen molar-refractivity contribution in [2.24, 2.45) is 23.7 Å². The van der Waals surface area contributed by atoms with Crippen molar-refractivity contribution < 1.29 is 62.2 Å². The highest BCUT2D eigenvalue weighted by Crippen LogP contribution is 2.42. The smallest absolute Gasteiger partial charge is 0.257 e. The van der Waals surface area contributed by atoms with E-state index in [1.54, 1.807) is 44.5 Å². The summed E-state index contributed by atoms with van der Waals surface area (Å²) in [5.74, 6) is 2.47. The van der Waals surface area contributed by atoms with Crippen LogP contribution in [-0.4, -0.2) is 192 Å². The molecule has 6 aliphatic heterocycles. The second kappa shape index (κ2) is 39.2. The normalized spacial score (nSPS) is 16.2. The Kier molecular flexibility index (Phi) is 28.8. The van der Waals surface area contributed by atoms with E-state index in [9.17, 15) is 52.7 Å². The summed E-state index contributed by atoms with van der Waals surface area (Å²) in [4.78, 5) is 148. The van der Waals surface area contributed by atoms with Crippen molar-refractivity contribution in [3.8, 4) is 11.5 Å². The standard InChI is InChI=1S/C32H36BrN3O4.C30H32ClN3O4.C18H17BrN2O3.C18H19BrN2O2/c1-7-29(38)34-15-22(16-34)12-25(37)17-35-21(5)30(28-14-24(33)10-18(2)31(28)35)32(39)36-19(3)11-23-13-26(40-6)8-9-27(23)20(36)4;1-5-27(36)33-14-20(15-33)12-23(35)17-34-19(3)28(25-13-22(31)11-18(2)29(25)34)30(37)32-10-9-24-21(16-32)7-6-8-26(24)38-4;1-2-18(24)20-8-12(9-20)5-16(23)10-21-15(11-22)7-13-6-14(19)3-4-17(13)21;1-3-18(23)21-9-13(10-21)7-15(22)11-20-5-4-14-8-16(19)12(2)6-17(14)20/h7-10,13-14,19-20,22H,1,11-12,15-17H2,2-6H3;5-8,11,13,20H,1,9-10,12,14-17H2,2-4H3;2-4,6-7,11-12H,1,5,8-10H2;3-6,8,13H,1,7,9-11H2,2H3. The number of aromatic nitrogens is 4. The average molecular weight is 1910 g/mol. The third-order valence-electron chi connectivity index (χ3n) is 25.0. The molecule has 6 aromatic carbocycles. The number of fused-ring (bicyclic) bond motifs is 6. The molecule has 23 nitrogen and oxygen atoms in total. The van der Waals surface area contributed by atoms with Crippen molar-refractivity contribution in [3.05, 3.63) is 246 Å². The molecule has 0 saturated carbocycles. The number of likely N-dealkylation sites (tertiary alicyclic amines) is 4. The van der Waals surface area contributed by atoms with E-state index in [-0.39, 0.29) is 114 Å². The number of hydrogen-bond donors (Lipinski definition) is 0. The quantitative estimate of drug-likeness (QED) is 0.0382. The molecule has 0 spiro atoms. The molecule has 4 fully saturated rings. The van der Waals surface area contributed by atoms with Crippen LogP contribution in [0.25, 0.3) is 43.6 Å². The summed E-state index contributed by atoms with van der Waals surface area (Å²) >= 11 is 17.0. The van der Waals surface area contributed by atoms with Gasteiger partial charge in [-0.2, -0.15) is 0 Å². The Morgan fingerprint density at radius 3 is 1.53 bits per heavy atom. The number of amides is 6. The fraction of sp³-hybridized carbons (Fsp3) is 0.357. The molecule has 10 heterocycles. The maximum atomic E-state index is 14.4. The molecule has 4 aromatic heterocycles. The van der Waals surface area contributed by atoms with Crippen molar-refractivity contribution in [2.75, 3.05) is 73.1 Å². The number of aldehydes is 1. The van der Waals surface area contributed by atoms with E-state index in [1.807, 2.05) is 137 Å². The molecule has 16 rings (SSSR count). The summed E-state index contributed by atoms with van der Waals surface area (Å²) in [7, 11) is 3.34. The SMILES string of the molecule is C=CC(=O)N1CC(CC(=O)Cn2c(C)c(C(=O)N3C(C)Cc4cc(OC)ccc4C3C)c3cc(Br)cc(C)c32)C1.C=CC(=O)N1CC(CC(=O)Cn2c(C)c(C(=O)N3CCc4c(cccc4OC)C3)c3cc(Cl)cc(C)c32)C1.C=CC(=O)N1CC(CC(=O)Cn2c(C=O)cc3cc(Br)ccc32)C1.C=CC(=O)N1CC(CC(=O)Cn2ccc3cc(Br)c(C)cc32)C1. The van der Waals surface area contributed by atoms with Crippen molar-refractivity contribution in [1.29, 1.82) is 0 Å². The number of rotatable bonds is 25. The van der Waals surface area contributed by atoms with Crippen molar-refractivity contribution >= 4 is 168 Å². The molecule has 27 heteroatoms. The fourth-order valence-corrected chi connectivity index (χ4v) is 20.2. The predicted octanol–water partition coefficient (Wildman–Crippen LogP) is 16.6. The number of carbonyl (C=O) groups excluding carboxylic acids is 11. The lowest BCUT2D eigenvalue weighted by atomic mass is 9.88. The number of halogens is 4. The van der Waals surface area contributed by atoms with Gasteiger partial charge >= 0.3 is 0 Å². The van der Waals surface area contributed by atoms with Gasteiger partial charge in [0.15, 0.2) is 29.4 Å². The minimum Gasteiger partial charge on any atom is -0.497 e. The van der Waals surface area contributed by atoms with Crippen LogP contribution in [-0.2, 0) is 83.9 Å². The Morgan fingerprint density at radius 1 is 0.496 bits per heavy atom. The zero-order valence-electron chi connectivity index (χ0n) is 72.0. The van der Waals surface area contributed by atoms with Gasteiger partial charge < -0.3 is 57.1 Å². The predicted molar refractivity (Wildman–Crippen MR) is 497 cm³/mol. The van der Waals surface area contributed by atoms with Gasteiger partial charge in [0.05, 0.1) is 74.3 Å². The summed E-state index contributed by atoms with van der Waals surface area (Å²) < 4.78 is 21.6. The third kappa shape index (κ3) is 19.8. The highest BCUT2D eigenvalue weighted by molar-refractivity contribution is 9.11. The van der Waals surface area contributed by atoms with Crippen LogP contribution in [0.4, 0.5) is 0 Å². The van der Waals surface area contributed by atoms with Gasteiger partial charge in [0.25, 0.3) is 11.8 Å². The minimum absolute atomic E-state index is 0.00498. The minimum atomic E-state index is -0.107. The highest BCUT2D eigenvalue weighted by atomic mass is 79.9. The maximum absolute atomic E-state index is 14.4. The Labute approximate surface area is 758 Å². The molecule has 125 heavy (non-hydrogen) atoms. The van der Waals surface area contributed by atoms with Gasteiger partial charge in [-0.15, -0.1) is 0 Å². The van der Waals surface area contributed by atoms with Gasteiger partial charge in [-0.25, -0.2) is 0 Å². The molecule has 6 aliphatic rings. The first-order chi connectivity index (χ1) is 59.7. The van der Waals surface area contributed by atoms with Gasteiger partial charge in [-0.1, -0.05) is 104 Å². The summed E-state index contributed by atoms with van der Waals surface area (Å²) in [5, 5.41) is 4.23. The van der Waals surface area contributed by atoms with Crippen LogP contribution in [0.3, 0.4) is 0 Å². The van der Waals surface area contributed by atoms with Crippen LogP contribution in [0.2, 0.25) is 5.02 Å². The second-order valence-electron chi connectivity index (χ2n) is 33.7. The summed E-state index contributed by atoms with van der Waals surface area (Å²) in [6, 6.07) is 33.3. The van der Waals surface area contributed by atoms with Crippen LogP contribution in [0.1, 0.15) is 127 Å². The molecule has 4 saturated heterocycles. The van der Waals surface area contributed by atoms with Crippen LogP contribution in [0.5, 0.6) is 11.5 Å². The van der Waals surface area contributed by atoms with E-state index in [0.29, 0.717) is 126 Å². The third-order valence-corrected chi connectivity index (χ3v) is 27.0. The summed E-state index contributed by atoms with van der Waals surface area (Å²) in [6.45, 7) is 34.8. The Bertz CT molecular complexity index is 6050. The molecule has 0 N–H and O–H groups in total. The number of ketones is 4. The number of nitrogens with zero attached hydrogens (tertiary/aromatic N) is 10. The monoisotopic (exact) mass is 1900 g/mol. The molecule has 652 valence electrons. The lowest BCUT2D eigenvalue weighted by Crippen LogP contribution is -2.50. The van der Waals surface area contributed by atoms with E-state index in [2.05, 4.69) is 112 Å². The highest BCUT2D eigenvalue weighted by Gasteiger charge is 2.40. The Hall–Kier alpha value is -11.1. The number of aryl methyl sites for hydroxylation is 3. The maximum Gasteiger partial charge on any atom is 0.257 e. The first-order valence-corrected chi connectivity index (χ1v) is 44.7. The fourth-order valence-electron chi connectivity index (χ4n) is 18.6. The number of hydrogen-bond acceptors (Lipinski definition) is 13. The lowest BCUT2D eigenvalue weighted by molar-refractivity contribution is -0.134. The molecule has 0 bridgehead atoms. The van der Waals surface area contributed by atoms with Crippen LogP contribution < -0.4 is 9.47 Å². The first-order valence-electron chi connectivity index (χ1n) is 42.0. The zero-order valence-corrected chi connectivity index (χ0v) is 77.5. The molecule has 2 atom stereocenters. The number of carbonyl (C=O) groups is 11. The van der Waals surface area contributed by atoms with E-state index in [0.717, 1.165) is 126 Å². The number of Topliss-reactive ketones (excluding diaryl/α,β-unsaturated/α-hetero) is 4. The van der Waals surface area contributed by atoms with E-state index in [1.165, 1.54) is 29.9 Å². The molecule has 6 amide bonds. The van der Waals surface area contributed by atoms with Crippen molar-refractivity contribution in [3.63, 3.8) is 0 Å². The van der Waals surface area contributed by atoms with Gasteiger partial charge in [-0.05, 0) is 204 Å². The molecule has 2 unspecified atom stereocenters. The van der Waals surface area contributed by atoms with Crippen LogP contribution in [0, 0.1) is 58.3 Å². The molecule has 0 aliphatic carbocycles. The molecular formula is C98H104Br3ClN10O13. The van der Waals surface area contributed by atoms with E-state index >= 15 is 0 Å². The van der Waals surface area contributed by atoms with Crippen LogP contribution in [0.15, 0.2) is 173 Å². The topological polar surface area (TPSA) is 245 Å². The number of benzene rings is 6. The Balaban J connectivity index is 0.000000147. The average Bonchev–Trinajstić information content (AvgIpc) is 1.63. The molecule has 10 aromatic rings. The summed E-state index contributed by atoms with van der Waals surface area (Å²) in [5.41, 5.74) is 14.7.